The van der Waals surface area contributed by atoms with E-state index in [4.69, 9.17) is 14.2 Å². The first-order chi connectivity index (χ1) is 14.2. The third kappa shape index (κ3) is 4.17. The van der Waals surface area contributed by atoms with Gasteiger partial charge in [-0.3, -0.25) is 9.78 Å². The summed E-state index contributed by atoms with van der Waals surface area (Å²) in [6.07, 6.45) is 6.91. The summed E-state index contributed by atoms with van der Waals surface area (Å²) < 4.78 is 10.5. The van der Waals surface area contributed by atoms with E-state index < -0.39 is 0 Å². The summed E-state index contributed by atoms with van der Waals surface area (Å²) in [6.45, 7) is 3.35. The lowest BCUT2D eigenvalue weighted by Crippen LogP contribution is -2.40. The van der Waals surface area contributed by atoms with Crippen LogP contribution in [0.3, 0.4) is 0 Å². The van der Waals surface area contributed by atoms with Crippen molar-refractivity contribution < 1.29 is 14.1 Å². The van der Waals surface area contributed by atoms with Gasteiger partial charge in [-0.2, -0.15) is 0 Å². The molecule has 0 radical (unpaired) electrons. The maximum Gasteiger partial charge on any atom is 0.248 e. The van der Waals surface area contributed by atoms with Crippen LogP contribution in [0.15, 0.2) is 41.3 Å². The molecule has 3 aromatic rings. The number of aryl methyl sites for hydroxylation is 1. The zero-order valence-electron chi connectivity index (χ0n) is 16.5. The van der Waals surface area contributed by atoms with Gasteiger partial charge in [0.2, 0.25) is 5.91 Å². The highest BCUT2D eigenvalue weighted by Crippen LogP contribution is 2.35. The molecular formula is C21H23N5O3. The van der Waals surface area contributed by atoms with Gasteiger partial charge in [0.15, 0.2) is 11.6 Å². The van der Waals surface area contributed by atoms with Gasteiger partial charge in [0.05, 0.1) is 17.0 Å². The SMILES string of the molecule is COCC(=O)N1CCC(c2nc(-c3cccnc3)ncc2-c2cc(C)no2)CC1. The molecule has 0 N–H and O–H groups in total. The van der Waals surface area contributed by atoms with Crippen molar-refractivity contribution in [1.29, 1.82) is 0 Å². The van der Waals surface area contributed by atoms with E-state index in [0.717, 1.165) is 35.4 Å². The van der Waals surface area contributed by atoms with Crippen molar-refractivity contribution in [2.75, 3.05) is 26.8 Å². The van der Waals surface area contributed by atoms with E-state index in [1.807, 2.05) is 30.0 Å². The average Bonchev–Trinajstić information content (AvgIpc) is 3.20. The predicted molar refractivity (Wildman–Crippen MR) is 106 cm³/mol. The highest BCUT2D eigenvalue weighted by atomic mass is 16.5. The Morgan fingerprint density at radius 3 is 2.79 bits per heavy atom. The Morgan fingerprint density at radius 2 is 2.14 bits per heavy atom. The van der Waals surface area contributed by atoms with Crippen LogP contribution >= 0.6 is 0 Å². The number of aromatic nitrogens is 4. The van der Waals surface area contributed by atoms with Crippen molar-refractivity contribution >= 4 is 5.91 Å². The molecule has 0 atom stereocenters. The molecule has 0 spiro atoms. The Hall–Kier alpha value is -3.13. The number of pyridine rings is 1. The number of amides is 1. The van der Waals surface area contributed by atoms with Crippen molar-refractivity contribution in [3.8, 4) is 22.7 Å². The largest absolute Gasteiger partial charge is 0.375 e. The van der Waals surface area contributed by atoms with Crippen LogP contribution in [-0.4, -0.2) is 57.7 Å². The van der Waals surface area contributed by atoms with E-state index in [0.29, 0.717) is 24.7 Å². The van der Waals surface area contributed by atoms with E-state index in [1.165, 1.54) is 7.11 Å². The predicted octanol–water partition coefficient (Wildman–Crippen LogP) is 2.85. The molecule has 29 heavy (non-hydrogen) atoms. The highest BCUT2D eigenvalue weighted by Gasteiger charge is 2.28. The van der Waals surface area contributed by atoms with Crippen LogP contribution in [0.1, 0.15) is 30.1 Å². The number of likely N-dealkylation sites (tertiary alicyclic amines) is 1. The highest BCUT2D eigenvalue weighted by molar-refractivity contribution is 5.77. The van der Waals surface area contributed by atoms with Crippen molar-refractivity contribution in [2.24, 2.45) is 0 Å². The Bertz CT molecular complexity index is 981. The lowest BCUT2D eigenvalue weighted by Gasteiger charge is -2.32. The molecule has 150 valence electrons. The molecule has 0 aliphatic carbocycles. The lowest BCUT2D eigenvalue weighted by atomic mass is 9.90. The Kier molecular flexibility index (Phi) is 5.62. The van der Waals surface area contributed by atoms with E-state index in [9.17, 15) is 4.79 Å². The van der Waals surface area contributed by atoms with Crippen molar-refractivity contribution in [3.63, 3.8) is 0 Å². The van der Waals surface area contributed by atoms with Gasteiger partial charge in [-0.15, -0.1) is 0 Å². The molecule has 1 aliphatic heterocycles. The summed E-state index contributed by atoms with van der Waals surface area (Å²) in [5, 5.41) is 4.01. The second-order valence-corrected chi connectivity index (χ2v) is 7.15. The standard InChI is InChI=1S/C21H23N5O3/c1-14-10-18(29-25-14)17-12-23-21(16-4-3-7-22-11-16)24-20(17)15-5-8-26(9-6-15)19(27)13-28-2/h3-4,7,10-12,15H,5-6,8-9,13H2,1-2H3. The summed E-state index contributed by atoms with van der Waals surface area (Å²) >= 11 is 0. The minimum absolute atomic E-state index is 0.0239. The number of carbonyl (C=O) groups excluding carboxylic acids is 1. The molecular weight excluding hydrogens is 370 g/mol. The number of hydrogen-bond acceptors (Lipinski definition) is 7. The van der Waals surface area contributed by atoms with Gasteiger partial charge in [0, 0.05) is 56.3 Å². The monoisotopic (exact) mass is 393 g/mol. The van der Waals surface area contributed by atoms with E-state index >= 15 is 0 Å². The van der Waals surface area contributed by atoms with Gasteiger partial charge in [-0.25, -0.2) is 9.97 Å². The van der Waals surface area contributed by atoms with Gasteiger partial charge in [0.1, 0.15) is 6.61 Å². The normalized spacial score (nSPS) is 14.9. The summed E-state index contributed by atoms with van der Waals surface area (Å²) in [6, 6.07) is 5.70. The van der Waals surface area contributed by atoms with Gasteiger partial charge < -0.3 is 14.2 Å². The molecule has 4 heterocycles. The molecule has 8 heteroatoms. The third-order valence-corrected chi connectivity index (χ3v) is 5.13. The molecule has 0 saturated carbocycles. The van der Waals surface area contributed by atoms with Crippen LogP contribution in [0.2, 0.25) is 0 Å². The minimum Gasteiger partial charge on any atom is -0.375 e. The van der Waals surface area contributed by atoms with Crippen LogP contribution in [0.4, 0.5) is 0 Å². The number of ether oxygens (including phenoxy) is 1. The number of rotatable bonds is 5. The first kappa shape index (κ1) is 19.2. The van der Waals surface area contributed by atoms with E-state index in [2.05, 4.69) is 15.1 Å². The quantitative estimate of drug-likeness (QED) is 0.658. The number of nitrogens with zero attached hydrogens (tertiary/aromatic N) is 5. The summed E-state index contributed by atoms with van der Waals surface area (Å²) in [4.78, 5) is 27.6. The first-order valence-electron chi connectivity index (χ1n) is 9.63. The topological polar surface area (TPSA) is 94.2 Å². The fourth-order valence-electron chi connectivity index (χ4n) is 3.64. The molecule has 1 fully saturated rings. The molecule has 1 amide bonds. The Morgan fingerprint density at radius 1 is 1.31 bits per heavy atom. The van der Waals surface area contributed by atoms with Crippen molar-refractivity contribution in [3.05, 3.63) is 48.2 Å². The zero-order chi connectivity index (χ0) is 20.2. The van der Waals surface area contributed by atoms with Crippen molar-refractivity contribution in [1.82, 2.24) is 25.0 Å². The average molecular weight is 393 g/mol. The van der Waals surface area contributed by atoms with Crippen molar-refractivity contribution in [2.45, 2.75) is 25.7 Å². The van der Waals surface area contributed by atoms with Gasteiger partial charge >= 0.3 is 0 Å². The van der Waals surface area contributed by atoms with E-state index in [1.54, 1.807) is 18.6 Å². The fourth-order valence-corrected chi connectivity index (χ4v) is 3.64. The summed E-state index contributed by atoms with van der Waals surface area (Å²) in [5.41, 5.74) is 3.44. The summed E-state index contributed by atoms with van der Waals surface area (Å²) in [7, 11) is 1.54. The van der Waals surface area contributed by atoms with Crippen LogP contribution in [0.5, 0.6) is 0 Å². The molecule has 0 aromatic carbocycles. The lowest BCUT2D eigenvalue weighted by molar-refractivity contribution is -0.136. The molecule has 3 aromatic heterocycles. The number of hydrogen-bond donors (Lipinski definition) is 0. The molecule has 1 aliphatic rings. The second-order valence-electron chi connectivity index (χ2n) is 7.15. The fraction of sp³-hybridized carbons (Fsp3) is 0.381. The van der Waals surface area contributed by atoms with Crippen LogP contribution in [-0.2, 0) is 9.53 Å². The van der Waals surface area contributed by atoms with Gasteiger partial charge in [-0.05, 0) is 31.9 Å². The molecule has 0 bridgehead atoms. The van der Waals surface area contributed by atoms with Crippen LogP contribution in [0.25, 0.3) is 22.7 Å². The Balaban J connectivity index is 1.65. The summed E-state index contributed by atoms with van der Waals surface area (Å²) in [5.74, 6) is 1.51. The molecule has 4 rings (SSSR count). The third-order valence-electron chi connectivity index (χ3n) is 5.13. The zero-order valence-corrected chi connectivity index (χ0v) is 16.5. The van der Waals surface area contributed by atoms with Gasteiger partial charge in [0.25, 0.3) is 0 Å². The number of piperidine rings is 1. The Labute approximate surface area is 168 Å². The smallest absolute Gasteiger partial charge is 0.248 e. The van der Waals surface area contributed by atoms with Gasteiger partial charge in [-0.1, -0.05) is 5.16 Å². The minimum atomic E-state index is 0.0239. The number of carbonyl (C=O) groups is 1. The first-order valence-corrected chi connectivity index (χ1v) is 9.63. The maximum absolute atomic E-state index is 12.1. The van der Waals surface area contributed by atoms with Crippen LogP contribution < -0.4 is 0 Å². The number of methoxy groups -OCH3 is 1. The van der Waals surface area contributed by atoms with Crippen LogP contribution in [0, 0.1) is 6.92 Å². The second kappa shape index (κ2) is 8.48. The van der Waals surface area contributed by atoms with E-state index in [-0.39, 0.29) is 18.4 Å². The molecule has 8 nitrogen and oxygen atoms in total. The molecule has 0 unspecified atom stereocenters. The maximum atomic E-state index is 12.1. The molecule has 1 saturated heterocycles.